The third-order valence-corrected chi connectivity index (χ3v) is 19.4. The molecule has 7 rings (SSSR count). The van der Waals surface area contributed by atoms with Crippen molar-refractivity contribution in [1.29, 1.82) is 0 Å². The summed E-state index contributed by atoms with van der Waals surface area (Å²) in [5.41, 5.74) is 5.33. The standard InChI is InChI=1S/C101H132O23/c1-9-13-49-115-90-41-33-77(67-94(90)107-5)37-45-98(103)119-57-29-21-17-25-53-111-84-63-82(64-85(71-84)112-54-26-18-22-30-58-120-99(104)46-38-78-34-42-91(95(68-78)108-6)116-50-14-10-2)75-123-88-61-81(74-102)62-89(73-88)124-76-83-65-86(113-55-27-19-23-31-59-121-100(105)47-39-79-35-43-92(96(69-79)109-7)117-51-15-11-3)72-87(66-83)114-56-28-20-24-32-60-122-101(106)48-40-80-36-44-93(97(70-80)110-8)118-52-16-12-4/h33-48,61-73,102H,9-32,49-60,74-76H2,1-8H3. The van der Waals surface area contributed by atoms with Crippen molar-refractivity contribution in [2.45, 2.75) is 202 Å². The number of methoxy groups -OCH3 is 4. The summed E-state index contributed by atoms with van der Waals surface area (Å²) in [6.07, 6.45) is 32.9. The Labute approximate surface area is 734 Å². The van der Waals surface area contributed by atoms with Crippen LogP contribution in [0.5, 0.6) is 80.5 Å². The molecular formula is C101H132O23. The van der Waals surface area contributed by atoms with Crippen molar-refractivity contribution in [2.24, 2.45) is 0 Å². The molecule has 674 valence electrons. The average molecular weight is 1710 g/mol. The first-order valence-electron chi connectivity index (χ1n) is 44.2. The Morgan fingerprint density at radius 3 is 0.685 bits per heavy atom. The number of hydrogen-bond acceptors (Lipinski definition) is 23. The summed E-state index contributed by atoms with van der Waals surface area (Å²) in [5.74, 6) is 6.76. The van der Waals surface area contributed by atoms with Crippen molar-refractivity contribution in [3.63, 3.8) is 0 Å². The van der Waals surface area contributed by atoms with E-state index in [-0.39, 0.29) is 19.8 Å². The lowest BCUT2D eigenvalue weighted by Gasteiger charge is -2.15. The van der Waals surface area contributed by atoms with Crippen LogP contribution >= 0.6 is 0 Å². The van der Waals surface area contributed by atoms with E-state index < -0.39 is 23.9 Å². The molecule has 7 aromatic rings. The summed E-state index contributed by atoms with van der Waals surface area (Å²) in [5, 5.41) is 10.5. The number of benzene rings is 7. The summed E-state index contributed by atoms with van der Waals surface area (Å²) >= 11 is 0. The first-order valence-corrected chi connectivity index (χ1v) is 44.2. The van der Waals surface area contributed by atoms with E-state index in [1.54, 1.807) is 70.9 Å². The van der Waals surface area contributed by atoms with Gasteiger partial charge in [0.1, 0.15) is 47.7 Å². The van der Waals surface area contributed by atoms with Gasteiger partial charge in [0.2, 0.25) is 0 Å². The lowest BCUT2D eigenvalue weighted by Crippen LogP contribution is -2.05. The predicted octanol–water partition coefficient (Wildman–Crippen LogP) is 21.9. The molecule has 23 heteroatoms. The van der Waals surface area contributed by atoms with Gasteiger partial charge in [-0.25, -0.2) is 19.2 Å². The molecule has 0 heterocycles. The second-order valence-electron chi connectivity index (χ2n) is 29.7. The van der Waals surface area contributed by atoms with Gasteiger partial charge >= 0.3 is 23.9 Å². The number of hydrogen-bond donors (Lipinski definition) is 1. The second kappa shape index (κ2) is 60.9. The Hall–Kier alpha value is -11.5. The van der Waals surface area contributed by atoms with E-state index in [2.05, 4.69) is 27.7 Å². The Bertz CT molecular complexity index is 3870. The fraction of sp³-hybridized carbons (Fsp3) is 0.465. The zero-order chi connectivity index (χ0) is 88.2. The summed E-state index contributed by atoms with van der Waals surface area (Å²) in [6.45, 7) is 13.8. The van der Waals surface area contributed by atoms with Crippen molar-refractivity contribution in [2.75, 3.05) is 108 Å². The van der Waals surface area contributed by atoms with E-state index in [0.717, 1.165) is 162 Å². The van der Waals surface area contributed by atoms with E-state index >= 15 is 0 Å². The lowest BCUT2D eigenvalue weighted by molar-refractivity contribution is -0.138. The molecule has 0 radical (unpaired) electrons. The largest absolute Gasteiger partial charge is 0.493 e. The molecule has 124 heavy (non-hydrogen) atoms. The maximum atomic E-state index is 12.6. The molecule has 1 N–H and O–H groups in total. The number of aliphatic hydroxyl groups excluding tert-OH is 1. The van der Waals surface area contributed by atoms with Gasteiger partial charge in [-0.1, -0.05) is 77.6 Å². The van der Waals surface area contributed by atoms with Gasteiger partial charge in [0.05, 0.1) is 114 Å². The van der Waals surface area contributed by atoms with Crippen LogP contribution in [0.15, 0.2) is 152 Å². The first-order chi connectivity index (χ1) is 60.7. The minimum absolute atomic E-state index is 0.134. The molecule has 0 unspecified atom stereocenters. The third-order valence-electron chi connectivity index (χ3n) is 19.4. The van der Waals surface area contributed by atoms with Crippen molar-refractivity contribution >= 4 is 48.2 Å². The van der Waals surface area contributed by atoms with Gasteiger partial charge < -0.3 is 90.4 Å². The minimum atomic E-state index is -0.422. The Morgan fingerprint density at radius 1 is 0.242 bits per heavy atom. The van der Waals surface area contributed by atoms with E-state index in [1.807, 2.05) is 109 Å². The monoisotopic (exact) mass is 1710 g/mol. The second-order valence-corrected chi connectivity index (χ2v) is 29.7. The topological polar surface area (TPSA) is 255 Å². The number of carbonyl (C=O) groups excluding carboxylic acids is 4. The van der Waals surface area contributed by atoms with Gasteiger partial charge in [-0.2, -0.15) is 0 Å². The first kappa shape index (κ1) is 99.6. The van der Waals surface area contributed by atoms with Crippen LogP contribution in [0.25, 0.3) is 24.3 Å². The highest BCUT2D eigenvalue weighted by Crippen LogP contribution is 2.35. The van der Waals surface area contributed by atoms with Crippen LogP contribution in [0.1, 0.15) is 221 Å². The van der Waals surface area contributed by atoms with E-state index in [1.165, 1.54) is 24.3 Å². The maximum Gasteiger partial charge on any atom is 0.330 e. The van der Waals surface area contributed by atoms with Gasteiger partial charge in [-0.05, 0) is 277 Å². The van der Waals surface area contributed by atoms with E-state index in [0.29, 0.717) is 191 Å². The van der Waals surface area contributed by atoms with Gasteiger partial charge in [-0.3, -0.25) is 0 Å². The fourth-order valence-corrected chi connectivity index (χ4v) is 12.4. The molecule has 0 saturated carbocycles. The molecule has 7 aromatic carbocycles. The van der Waals surface area contributed by atoms with Crippen molar-refractivity contribution in [1.82, 2.24) is 0 Å². The molecule has 0 aliphatic rings. The molecule has 0 aliphatic carbocycles. The molecule has 0 atom stereocenters. The molecule has 0 spiro atoms. The van der Waals surface area contributed by atoms with Crippen molar-refractivity contribution in [3.8, 4) is 80.5 Å². The fourth-order valence-electron chi connectivity index (χ4n) is 12.4. The van der Waals surface area contributed by atoms with Crippen molar-refractivity contribution in [3.05, 3.63) is 191 Å². The summed E-state index contributed by atoms with van der Waals surface area (Å²) < 4.78 is 106. The minimum Gasteiger partial charge on any atom is -0.493 e. The number of carbonyl (C=O) groups is 4. The SMILES string of the molecule is CCCCOc1ccc(C=CC(=O)OCCCCCCOc2cc(COc3cc(CO)cc(OCc4cc(OCCCCCCOC(=O)C=Cc5ccc(OCCCC)c(OC)c5)cc(OCCCCCCOC(=O)C=Cc5ccc(OCCCC)c(OC)c5)c4)c3)cc(OCCCCCCOC(=O)C=Cc3ccc(OCCCC)c(OC)c3)c2)cc1OC. The van der Waals surface area contributed by atoms with Crippen LogP contribution in [0.2, 0.25) is 0 Å². The van der Waals surface area contributed by atoms with E-state index in [9.17, 15) is 24.3 Å². The highest BCUT2D eigenvalue weighted by Gasteiger charge is 2.15. The highest BCUT2D eigenvalue weighted by molar-refractivity contribution is 5.89. The highest BCUT2D eigenvalue weighted by atomic mass is 16.6. The number of esters is 4. The van der Waals surface area contributed by atoms with Gasteiger partial charge in [0.25, 0.3) is 0 Å². The van der Waals surface area contributed by atoms with Crippen LogP contribution in [0.4, 0.5) is 0 Å². The maximum absolute atomic E-state index is 12.6. The normalized spacial score (nSPS) is 11.2. The zero-order valence-electron chi connectivity index (χ0n) is 74.2. The zero-order valence-corrected chi connectivity index (χ0v) is 74.2. The predicted molar refractivity (Wildman–Crippen MR) is 483 cm³/mol. The summed E-state index contributed by atoms with van der Waals surface area (Å²) in [6, 6.07) is 39.0. The Morgan fingerprint density at radius 2 is 0.460 bits per heavy atom. The molecule has 0 aromatic heterocycles. The van der Waals surface area contributed by atoms with Crippen LogP contribution < -0.4 is 66.3 Å². The van der Waals surface area contributed by atoms with Crippen LogP contribution in [0.3, 0.4) is 0 Å². The number of ether oxygens (including phenoxy) is 18. The molecule has 0 amide bonds. The molecule has 0 bridgehead atoms. The summed E-state index contributed by atoms with van der Waals surface area (Å²) in [7, 11) is 6.37. The number of rotatable bonds is 67. The van der Waals surface area contributed by atoms with Crippen molar-refractivity contribution < 1.29 is 110 Å². The lowest BCUT2D eigenvalue weighted by atomic mass is 10.2. The quantitative estimate of drug-likeness (QED) is 0.0161. The Kier molecular flexibility index (Phi) is 49.0. The third kappa shape index (κ3) is 40.7. The average Bonchev–Trinajstić information content (AvgIpc) is 0.924. The molecule has 0 saturated heterocycles. The Balaban J connectivity index is 0.926. The van der Waals surface area contributed by atoms with E-state index in [4.69, 9.17) is 85.3 Å². The van der Waals surface area contributed by atoms with Gasteiger partial charge in [0, 0.05) is 42.5 Å². The number of aliphatic hydroxyl groups is 1. The smallest absolute Gasteiger partial charge is 0.330 e. The molecule has 0 aliphatic heterocycles. The van der Waals surface area contributed by atoms with Gasteiger partial charge in [0.15, 0.2) is 46.0 Å². The number of unbranched alkanes of at least 4 members (excludes halogenated alkanes) is 16. The molecule has 0 fully saturated rings. The van der Waals surface area contributed by atoms with Crippen LogP contribution in [-0.2, 0) is 57.9 Å². The summed E-state index contributed by atoms with van der Waals surface area (Å²) in [4.78, 5) is 50.6. The van der Waals surface area contributed by atoms with Gasteiger partial charge in [-0.15, -0.1) is 0 Å². The van der Waals surface area contributed by atoms with Crippen LogP contribution in [-0.4, -0.2) is 137 Å². The molecular weight excluding hydrogens is 1580 g/mol. The molecule has 23 nitrogen and oxygen atoms in total. The van der Waals surface area contributed by atoms with Crippen LogP contribution in [0, 0.1) is 0 Å².